The van der Waals surface area contributed by atoms with Gasteiger partial charge < -0.3 is 14.4 Å². The SMILES string of the molecule is CCCCOC[C@H]1O[C@@H](n2ccc(N(C)CC)nc2=O)CS1. The molecule has 7 heteroatoms. The van der Waals surface area contributed by atoms with Gasteiger partial charge in [0.15, 0.2) is 0 Å². The molecule has 2 heterocycles. The second-order valence-corrected chi connectivity index (χ2v) is 6.46. The zero-order chi connectivity index (χ0) is 15.9. The van der Waals surface area contributed by atoms with Crippen LogP contribution < -0.4 is 10.6 Å². The molecule has 0 N–H and O–H groups in total. The number of anilines is 1. The van der Waals surface area contributed by atoms with Crippen LogP contribution in [0.1, 0.15) is 32.9 Å². The summed E-state index contributed by atoms with van der Waals surface area (Å²) in [4.78, 5) is 18.2. The van der Waals surface area contributed by atoms with E-state index in [1.807, 2.05) is 24.9 Å². The average Bonchev–Trinajstić information content (AvgIpc) is 2.99. The molecular formula is C15H25N3O3S. The molecule has 1 aliphatic heterocycles. The van der Waals surface area contributed by atoms with Gasteiger partial charge in [-0.25, -0.2) is 4.79 Å². The molecule has 0 amide bonds. The van der Waals surface area contributed by atoms with E-state index in [-0.39, 0.29) is 17.4 Å². The minimum Gasteiger partial charge on any atom is -0.378 e. The number of hydrogen-bond donors (Lipinski definition) is 0. The van der Waals surface area contributed by atoms with Gasteiger partial charge in [-0.05, 0) is 19.4 Å². The number of aromatic nitrogens is 2. The van der Waals surface area contributed by atoms with Gasteiger partial charge in [-0.2, -0.15) is 4.98 Å². The van der Waals surface area contributed by atoms with E-state index in [9.17, 15) is 4.79 Å². The maximum atomic E-state index is 12.2. The molecule has 1 aromatic rings. The first-order chi connectivity index (χ1) is 10.7. The maximum Gasteiger partial charge on any atom is 0.351 e. The van der Waals surface area contributed by atoms with Crippen molar-refractivity contribution in [2.75, 3.05) is 37.5 Å². The van der Waals surface area contributed by atoms with Crippen molar-refractivity contribution in [1.29, 1.82) is 0 Å². The Hall–Kier alpha value is -1.05. The fourth-order valence-electron chi connectivity index (χ4n) is 2.10. The Kier molecular flexibility index (Phi) is 6.72. The lowest BCUT2D eigenvalue weighted by atomic mass is 10.4. The van der Waals surface area contributed by atoms with Crippen LogP contribution in [0, 0.1) is 0 Å². The monoisotopic (exact) mass is 327 g/mol. The molecule has 0 bridgehead atoms. The summed E-state index contributed by atoms with van der Waals surface area (Å²) in [6, 6.07) is 1.85. The van der Waals surface area contributed by atoms with Gasteiger partial charge in [-0.3, -0.25) is 4.57 Å². The van der Waals surface area contributed by atoms with Crippen molar-refractivity contribution in [2.45, 2.75) is 38.4 Å². The summed E-state index contributed by atoms with van der Waals surface area (Å²) in [7, 11) is 1.91. The third-order valence-corrected chi connectivity index (χ3v) is 4.72. The fourth-order valence-corrected chi connectivity index (χ4v) is 3.12. The van der Waals surface area contributed by atoms with Gasteiger partial charge >= 0.3 is 5.69 Å². The molecule has 1 saturated heterocycles. The molecule has 22 heavy (non-hydrogen) atoms. The lowest BCUT2D eigenvalue weighted by Crippen LogP contribution is -2.30. The van der Waals surface area contributed by atoms with Gasteiger partial charge in [-0.15, -0.1) is 11.8 Å². The fraction of sp³-hybridized carbons (Fsp3) is 0.733. The van der Waals surface area contributed by atoms with Gasteiger partial charge in [0.1, 0.15) is 17.5 Å². The van der Waals surface area contributed by atoms with Gasteiger partial charge in [0.05, 0.1) is 6.61 Å². The van der Waals surface area contributed by atoms with E-state index < -0.39 is 0 Å². The minimum absolute atomic E-state index is 0.00764. The third kappa shape index (κ3) is 4.47. The number of hydrogen-bond acceptors (Lipinski definition) is 6. The van der Waals surface area contributed by atoms with Crippen LogP contribution in [0.2, 0.25) is 0 Å². The summed E-state index contributed by atoms with van der Waals surface area (Å²) in [5.41, 5.74) is -0.275. The van der Waals surface area contributed by atoms with Crippen molar-refractivity contribution >= 4 is 17.6 Å². The van der Waals surface area contributed by atoms with Crippen LogP contribution in [-0.4, -0.2) is 47.5 Å². The molecule has 0 saturated carbocycles. The van der Waals surface area contributed by atoms with Gasteiger partial charge in [0.25, 0.3) is 0 Å². The molecule has 124 valence electrons. The van der Waals surface area contributed by atoms with Crippen LogP contribution in [0.15, 0.2) is 17.1 Å². The Morgan fingerprint density at radius 2 is 2.36 bits per heavy atom. The summed E-state index contributed by atoms with van der Waals surface area (Å²) in [5.74, 6) is 1.43. The van der Waals surface area contributed by atoms with Crippen LogP contribution in [0.25, 0.3) is 0 Å². The highest BCUT2D eigenvalue weighted by molar-refractivity contribution is 8.00. The molecule has 0 radical (unpaired) electrons. The van der Waals surface area contributed by atoms with Crippen LogP contribution in [0.5, 0.6) is 0 Å². The second-order valence-electron chi connectivity index (χ2n) is 5.27. The van der Waals surface area contributed by atoms with Crippen molar-refractivity contribution in [3.63, 3.8) is 0 Å². The standard InChI is InChI=1S/C15H25N3O3S/c1-4-6-9-20-10-14-21-13(11-22-14)18-8-7-12(16-15(18)19)17(3)5-2/h7-8,13-14H,4-6,9-11H2,1-3H3/t13-,14+/m1/s1. The summed E-state index contributed by atoms with van der Waals surface area (Å²) >= 11 is 1.68. The molecular weight excluding hydrogens is 302 g/mol. The predicted molar refractivity (Wildman–Crippen MR) is 89.5 cm³/mol. The maximum absolute atomic E-state index is 12.2. The van der Waals surface area contributed by atoms with Crippen LogP contribution >= 0.6 is 11.8 Å². The summed E-state index contributed by atoms with van der Waals surface area (Å²) in [6.45, 7) is 6.30. The van der Waals surface area contributed by atoms with Crippen LogP contribution in [0.3, 0.4) is 0 Å². The highest BCUT2D eigenvalue weighted by Crippen LogP contribution is 2.31. The molecule has 1 fully saturated rings. The van der Waals surface area contributed by atoms with Crippen LogP contribution in [0.4, 0.5) is 5.82 Å². The molecule has 0 aliphatic carbocycles. The zero-order valence-electron chi connectivity index (χ0n) is 13.5. The van der Waals surface area contributed by atoms with E-state index in [0.29, 0.717) is 12.4 Å². The zero-order valence-corrected chi connectivity index (χ0v) is 14.3. The van der Waals surface area contributed by atoms with E-state index in [1.165, 1.54) is 0 Å². The summed E-state index contributed by atoms with van der Waals surface area (Å²) in [6.07, 6.45) is 3.70. The first kappa shape index (κ1) is 17.3. The first-order valence-corrected chi connectivity index (χ1v) is 8.85. The molecule has 0 unspecified atom stereocenters. The summed E-state index contributed by atoms with van der Waals surface area (Å²) < 4.78 is 13.0. The Morgan fingerprint density at radius 3 is 3.05 bits per heavy atom. The van der Waals surface area contributed by atoms with Crippen molar-refractivity contribution in [1.82, 2.24) is 9.55 Å². The highest BCUT2D eigenvalue weighted by Gasteiger charge is 2.28. The molecule has 0 aromatic carbocycles. The van der Waals surface area contributed by atoms with Gasteiger partial charge in [-0.1, -0.05) is 13.3 Å². The molecule has 1 aliphatic rings. The first-order valence-electron chi connectivity index (χ1n) is 7.80. The smallest absolute Gasteiger partial charge is 0.351 e. The van der Waals surface area contributed by atoms with E-state index in [2.05, 4.69) is 11.9 Å². The lowest BCUT2D eigenvalue weighted by Gasteiger charge is -2.18. The van der Waals surface area contributed by atoms with Gasteiger partial charge in [0.2, 0.25) is 0 Å². The average molecular weight is 327 g/mol. The van der Waals surface area contributed by atoms with Gasteiger partial charge in [0, 0.05) is 32.1 Å². The van der Waals surface area contributed by atoms with Crippen molar-refractivity contribution in [2.24, 2.45) is 0 Å². The number of thioether (sulfide) groups is 1. The van der Waals surface area contributed by atoms with Crippen molar-refractivity contribution in [3.8, 4) is 0 Å². The van der Waals surface area contributed by atoms with E-state index in [1.54, 1.807) is 22.5 Å². The van der Waals surface area contributed by atoms with E-state index >= 15 is 0 Å². The molecule has 0 spiro atoms. The number of ether oxygens (including phenoxy) is 2. The van der Waals surface area contributed by atoms with Crippen LogP contribution in [-0.2, 0) is 9.47 Å². The Labute approximate surface area is 135 Å². The van der Waals surface area contributed by atoms with Crippen molar-refractivity contribution < 1.29 is 9.47 Å². The lowest BCUT2D eigenvalue weighted by molar-refractivity contribution is -0.0250. The normalized spacial score (nSPS) is 21.2. The molecule has 1 aromatic heterocycles. The largest absolute Gasteiger partial charge is 0.378 e. The number of unbranched alkanes of at least 4 members (excludes halogenated alkanes) is 1. The van der Waals surface area contributed by atoms with E-state index in [4.69, 9.17) is 9.47 Å². The van der Waals surface area contributed by atoms with E-state index in [0.717, 1.165) is 31.7 Å². The molecule has 2 rings (SSSR count). The predicted octanol–water partition coefficient (Wildman–Crippen LogP) is 2.10. The highest BCUT2D eigenvalue weighted by atomic mass is 32.2. The quantitative estimate of drug-likeness (QED) is 0.682. The number of nitrogens with zero attached hydrogens (tertiary/aromatic N) is 3. The summed E-state index contributed by atoms with van der Waals surface area (Å²) in [5, 5.41) is 0. The topological polar surface area (TPSA) is 56.6 Å². The second kappa shape index (κ2) is 8.55. The Bertz CT molecular complexity index is 523. The Morgan fingerprint density at radius 1 is 1.55 bits per heavy atom. The molecule has 2 atom stereocenters. The minimum atomic E-state index is -0.268. The number of rotatable bonds is 8. The van der Waals surface area contributed by atoms with Crippen molar-refractivity contribution in [3.05, 3.63) is 22.7 Å². The third-order valence-electron chi connectivity index (χ3n) is 3.62. The molecule has 6 nitrogen and oxygen atoms in total. The Balaban J connectivity index is 1.92.